The van der Waals surface area contributed by atoms with Gasteiger partial charge in [0.05, 0.1) is 0 Å². The molecule has 4 rings (SSSR count). The monoisotopic (exact) mass is 349 g/mol. The number of para-hydroxylation sites is 1. The molecule has 0 saturated heterocycles. The minimum Gasteiger partial charge on any atom is -0.331 e. The molecule has 118 valence electrons. The first-order chi connectivity index (χ1) is 11.7. The van der Waals surface area contributed by atoms with Crippen LogP contribution in [0.1, 0.15) is 22.6 Å². The van der Waals surface area contributed by atoms with E-state index in [1.165, 1.54) is 11.1 Å². The molecule has 3 aromatic carbocycles. The van der Waals surface area contributed by atoms with E-state index in [9.17, 15) is 0 Å². The number of nitrogens with zero attached hydrogens (tertiary/aromatic N) is 1. The average Bonchev–Trinajstić information content (AvgIpc) is 2.64. The van der Waals surface area contributed by atoms with Crippen LogP contribution in [0.2, 0.25) is 5.02 Å². The molecule has 0 N–H and O–H groups in total. The lowest BCUT2D eigenvalue weighted by Gasteiger charge is -2.37. The molecule has 1 nitrogen and oxygen atoms in total. The highest BCUT2D eigenvalue weighted by molar-refractivity contribution is 7.81. The Balaban J connectivity index is 1.83. The fourth-order valence-electron chi connectivity index (χ4n) is 3.32. The fraction of sp³-hybridized carbons (Fsp3) is 0.0952. The smallest absolute Gasteiger partial charge is 0.113 e. The van der Waals surface area contributed by atoms with Gasteiger partial charge in [0.25, 0.3) is 0 Å². The molecule has 1 heterocycles. The molecule has 0 aliphatic carbocycles. The summed E-state index contributed by atoms with van der Waals surface area (Å²) in [6.07, 6.45) is 0. The number of hydrogen-bond acceptors (Lipinski definition) is 1. The molecule has 0 spiro atoms. The van der Waals surface area contributed by atoms with E-state index in [0.29, 0.717) is 0 Å². The summed E-state index contributed by atoms with van der Waals surface area (Å²) in [6, 6.07) is 26.9. The Morgan fingerprint density at radius 2 is 1.50 bits per heavy atom. The van der Waals surface area contributed by atoms with Crippen molar-refractivity contribution < 1.29 is 0 Å². The topological polar surface area (TPSA) is 3.24 Å². The lowest BCUT2D eigenvalue weighted by Crippen LogP contribution is -2.39. The standard InChI is InChI=1S/C21H16ClNS/c22-16-12-10-15(11-13-16)20-14-23(17-6-2-1-3-7-17)21(24)19-9-5-4-8-18(19)20/h1-13,20H,14H2. The zero-order valence-electron chi connectivity index (χ0n) is 13.0. The number of thiocarbonyl (C=S) groups is 1. The van der Waals surface area contributed by atoms with Gasteiger partial charge in [-0.05, 0) is 35.4 Å². The van der Waals surface area contributed by atoms with Crippen molar-refractivity contribution in [3.63, 3.8) is 0 Å². The Morgan fingerprint density at radius 1 is 0.833 bits per heavy atom. The summed E-state index contributed by atoms with van der Waals surface area (Å²) >= 11 is 11.9. The van der Waals surface area contributed by atoms with Crippen LogP contribution in [-0.2, 0) is 0 Å². The maximum Gasteiger partial charge on any atom is 0.113 e. The average molecular weight is 350 g/mol. The summed E-state index contributed by atoms with van der Waals surface area (Å²) in [5.74, 6) is 0.269. The van der Waals surface area contributed by atoms with Gasteiger partial charge < -0.3 is 4.90 Å². The van der Waals surface area contributed by atoms with Gasteiger partial charge in [-0.3, -0.25) is 0 Å². The first kappa shape index (κ1) is 15.4. The lowest BCUT2D eigenvalue weighted by molar-refractivity contribution is 0.787. The quantitative estimate of drug-likeness (QED) is 0.548. The maximum atomic E-state index is 6.07. The van der Waals surface area contributed by atoms with E-state index < -0.39 is 0 Å². The van der Waals surface area contributed by atoms with Crippen LogP contribution >= 0.6 is 23.8 Å². The second kappa shape index (κ2) is 6.39. The van der Waals surface area contributed by atoms with Crippen LogP contribution in [-0.4, -0.2) is 11.5 Å². The van der Waals surface area contributed by atoms with Crippen LogP contribution < -0.4 is 4.90 Å². The molecule has 3 heteroatoms. The highest BCUT2D eigenvalue weighted by Gasteiger charge is 2.30. The Bertz CT molecular complexity index is 874. The Labute approximate surface area is 152 Å². The van der Waals surface area contributed by atoms with Crippen molar-refractivity contribution in [1.82, 2.24) is 0 Å². The van der Waals surface area contributed by atoms with Crippen molar-refractivity contribution in [2.24, 2.45) is 0 Å². The van der Waals surface area contributed by atoms with Gasteiger partial charge in [-0.1, -0.05) is 78.4 Å². The number of rotatable bonds is 2. The van der Waals surface area contributed by atoms with Gasteiger partial charge >= 0.3 is 0 Å². The van der Waals surface area contributed by atoms with Crippen molar-refractivity contribution in [3.8, 4) is 0 Å². The number of benzene rings is 3. The number of hydrogen-bond donors (Lipinski definition) is 0. The highest BCUT2D eigenvalue weighted by atomic mass is 35.5. The summed E-state index contributed by atoms with van der Waals surface area (Å²) in [7, 11) is 0. The van der Waals surface area contributed by atoms with Crippen LogP contribution in [0.15, 0.2) is 78.9 Å². The van der Waals surface area contributed by atoms with Gasteiger partial charge in [0.1, 0.15) is 4.99 Å². The zero-order valence-corrected chi connectivity index (χ0v) is 14.6. The fourth-order valence-corrected chi connectivity index (χ4v) is 3.81. The van der Waals surface area contributed by atoms with Crippen molar-refractivity contribution >= 4 is 34.5 Å². The van der Waals surface area contributed by atoms with E-state index in [0.717, 1.165) is 27.8 Å². The van der Waals surface area contributed by atoms with E-state index in [2.05, 4.69) is 65.6 Å². The molecule has 0 bridgehead atoms. The molecule has 0 radical (unpaired) electrons. The molecule has 0 fully saturated rings. The summed E-state index contributed by atoms with van der Waals surface area (Å²) < 4.78 is 0. The molecular formula is C21H16ClNS. The minimum atomic E-state index is 0.269. The first-order valence-corrected chi connectivity index (χ1v) is 8.74. The van der Waals surface area contributed by atoms with Gasteiger partial charge in [0.15, 0.2) is 0 Å². The normalized spacial score (nSPS) is 16.8. The third-order valence-electron chi connectivity index (χ3n) is 4.52. The van der Waals surface area contributed by atoms with E-state index in [4.69, 9.17) is 23.8 Å². The molecule has 3 aromatic rings. The van der Waals surface area contributed by atoms with Crippen LogP contribution in [0.5, 0.6) is 0 Å². The van der Waals surface area contributed by atoms with Crippen molar-refractivity contribution in [3.05, 3.63) is 101 Å². The molecule has 0 amide bonds. The molecule has 24 heavy (non-hydrogen) atoms. The number of anilines is 1. The van der Waals surface area contributed by atoms with Crippen molar-refractivity contribution in [2.75, 3.05) is 11.4 Å². The van der Waals surface area contributed by atoms with Gasteiger partial charge in [0, 0.05) is 28.7 Å². The van der Waals surface area contributed by atoms with Crippen LogP contribution in [0, 0.1) is 0 Å². The Morgan fingerprint density at radius 3 is 2.25 bits per heavy atom. The number of halogens is 1. The summed E-state index contributed by atoms with van der Waals surface area (Å²) in [5.41, 5.74) is 4.82. The largest absolute Gasteiger partial charge is 0.331 e. The third kappa shape index (κ3) is 2.72. The van der Waals surface area contributed by atoms with Crippen LogP contribution in [0.25, 0.3) is 0 Å². The van der Waals surface area contributed by atoms with E-state index in [-0.39, 0.29) is 5.92 Å². The zero-order chi connectivity index (χ0) is 16.5. The van der Waals surface area contributed by atoms with Crippen molar-refractivity contribution in [2.45, 2.75) is 5.92 Å². The van der Waals surface area contributed by atoms with Gasteiger partial charge in [-0.15, -0.1) is 0 Å². The van der Waals surface area contributed by atoms with Crippen LogP contribution in [0.3, 0.4) is 0 Å². The van der Waals surface area contributed by atoms with E-state index in [1.54, 1.807) is 0 Å². The summed E-state index contributed by atoms with van der Waals surface area (Å²) in [5, 5.41) is 0.762. The molecule has 1 aliphatic heterocycles. The second-order valence-corrected chi connectivity index (χ2v) is 6.77. The van der Waals surface area contributed by atoms with Gasteiger partial charge in [0.2, 0.25) is 0 Å². The second-order valence-electron chi connectivity index (χ2n) is 5.94. The van der Waals surface area contributed by atoms with E-state index >= 15 is 0 Å². The lowest BCUT2D eigenvalue weighted by atomic mass is 9.84. The summed E-state index contributed by atoms with van der Waals surface area (Å²) in [6.45, 7) is 0.835. The first-order valence-electron chi connectivity index (χ1n) is 7.95. The molecular weight excluding hydrogens is 334 g/mol. The molecule has 1 unspecified atom stereocenters. The van der Waals surface area contributed by atoms with Crippen LogP contribution in [0.4, 0.5) is 5.69 Å². The predicted molar refractivity (Wildman–Crippen MR) is 105 cm³/mol. The maximum absolute atomic E-state index is 6.07. The van der Waals surface area contributed by atoms with Gasteiger partial charge in [-0.2, -0.15) is 0 Å². The molecule has 0 saturated carbocycles. The van der Waals surface area contributed by atoms with Gasteiger partial charge in [-0.25, -0.2) is 0 Å². The third-order valence-corrected chi connectivity index (χ3v) is 5.21. The van der Waals surface area contributed by atoms with E-state index in [1.807, 2.05) is 18.2 Å². The highest BCUT2D eigenvalue weighted by Crippen LogP contribution is 2.36. The summed E-state index contributed by atoms with van der Waals surface area (Å²) in [4.78, 5) is 3.12. The molecule has 1 atom stereocenters. The Hall–Kier alpha value is -2.16. The molecule has 1 aliphatic rings. The van der Waals surface area contributed by atoms with Crippen molar-refractivity contribution in [1.29, 1.82) is 0 Å². The molecule has 0 aromatic heterocycles. The number of fused-ring (bicyclic) bond motifs is 1. The predicted octanol–water partition coefficient (Wildman–Crippen LogP) is 5.67. The minimum absolute atomic E-state index is 0.269. The Kier molecular flexibility index (Phi) is 4.09. The SMILES string of the molecule is S=C1c2ccccc2C(c2ccc(Cl)cc2)CN1c1ccccc1.